The van der Waals surface area contributed by atoms with Crippen molar-refractivity contribution in [2.45, 2.75) is 27.2 Å². The van der Waals surface area contributed by atoms with E-state index < -0.39 is 0 Å². The number of rotatable bonds is 5. The lowest BCUT2D eigenvalue weighted by atomic mass is 10.2. The van der Waals surface area contributed by atoms with Crippen LogP contribution in [0.5, 0.6) is 11.6 Å². The molecule has 1 N–H and O–H groups in total. The van der Waals surface area contributed by atoms with Crippen molar-refractivity contribution in [2.75, 3.05) is 11.9 Å². The van der Waals surface area contributed by atoms with E-state index in [1.807, 2.05) is 13.8 Å². The first-order valence-corrected chi connectivity index (χ1v) is 6.91. The standard InChI is InChI=1S/C16H18N4O/c1-4-9-18-15-11(2)16(20-12(3)19-15)21-14-7-5-13(10-17)6-8-14/h5-8H,4,9H2,1-3H3,(H,18,19,20). The first-order chi connectivity index (χ1) is 10.1. The van der Waals surface area contributed by atoms with Crippen LogP contribution in [-0.4, -0.2) is 16.5 Å². The largest absolute Gasteiger partial charge is 0.439 e. The van der Waals surface area contributed by atoms with Gasteiger partial charge in [0.25, 0.3) is 0 Å². The van der Waals surface area contributed by atoms with Gasteiger partial charge in [-0.05, 0) is 44.5 Å². The summed E-state index contributed by atoms with van der Waals surface area (Å²) >= 11 is 0. The Morgan fingerprint density at radius 1 is 1.19 bits per heavy atom. The van der Waals surface area contributed by atoms with Crippen LogP contribution in [-0.2, 0) is 0 Å². The molecule has 1 heterocycles. The maximum absolute atomic E-state index is 8.80. The van der Waals surface area contributed by atoms with Crippen molar-refractivity contribution in [3.05, 3.63) is 41.2 Å². The van der Waals surface area contributed by atoms with Crippen LogP contribution in [0.15, 0.2) is 24.3 Å². The van der Waals surface area contributed by atoms with Gasteiger partial charge < -0.3 is 10.1 Å². The van der Waals surface area contributed by atoms with Crippen molar-refractivity contribution >= 4 is 5.82 Å². The third-order valence-electron chi connectivity index (χ3n) is 2.95. The Morgan fingerprint density at radius 3 is 2.52 bits per heavy atom. The van der Waals surface area contributed by atoms with Gasteiger partial charge in [0.1, 0.15) is 17.4 Å². The molecule has 0 saturated heterocycles. The van der Waals surface area contributed by atoms with Crippen LogP contribution in [0, 0.1) is 25.2 Å². The Balaban J connectivity index is 2.26. The van der Waals surface area contributed by atoms with Gasteiger partial charge in [-0.1, -0.05) is 6.92 Å². The molecular formula is C16H18N4O. The van der Waals surface area contributed by atoms with E-state index in [1.54, 1.807) is 24.3 Å². The Bertz CT molecular complexity index is 659. The third-order valence-corrected chi connectivity index (χ3v) is 2.95. The molecule has 0 fully saturated rings. The van der Waals surface area contributed by atoms with Crippen LogP contribution < -0.4 is 10.1 Å². The average molecular weight is 282 g/mol. The summed E-state index contributed by atoms with van der Waals surface area (Å²) in [6.07, 6.45) is 1.02. The molecule has 0 saturated carbocycles. The molecule has 0 aliphatic heterocycles. The molecule has 5 nitrogen and oxygen atoms in total. The van der Waals surface area contributed by atoms with Crippen molar-refractivity contribution in [1.29, 1.82) is 5.26 Å². The van der Waals surface area contributed by atoms with Gasteiger partial charge in [-0.15, -0.1) is 0 Å². The van der Waals surface area contributed by atoms with Crippen molar-refractivity contribution < 1.29 is 4.74 Å². The lowest BCUT2D eigenvalue weighted by molar-refractivity contribution is 0.456. The molecule has 2 aromatic rings. The van der Waals surface area contributed by atoms with E-state index in [4.69, 9.17) is 10.00 Å². The number of nitriles is 1. The summed E-state index contributed by atoms with van der Waals surface area (Å²) in [4.78, 5) is 8.74. The molecule has 0 bridgehead atoms. The third kappa shape index (κ3) is 3.69. The maximum Gasteiger partial charge on any atom is 0.227 e. The fourth-order valence-corrected chi connectivity index (χ4v) is 1.83. The SMILES string of the molecule is CCCNc1nc(C)nc(Oc2ccc(C#N)cc2)c1C. The Kier molecular flexibility index (Phi) is 4.72. The molecule has 1 aromatic carbocycles. The fourth-order valence-electron chi connectivity index (χ4n) is 1.83. The number of benzene rings is 1. The van der Waals surface area contributed by atoms with E-state index in [1.165, 1.54) is 0 Å². The highest BCUT2D eigenvalue weighted by Crippen LogP contribution is 2.27. The van der Waals surface area contributed by atoms with Gasteiger partial charge in [-0.2, -0.15) is 10.2 Å². The zero-order valence-electron chi connectivity index (χ0n) is 12.5. The maximum atomic E-state index is 8.80. The molecule has 0 spiro atoms. The quantitative estimate of drug-likeness (QED) is 0.907. The zero-order chi connectivity index (χ0) is 15.2. The average Bonchev–Trinajstić information content (AvgIpc) is 2.50. The fraction of sp³-hybridized carbons (Fsp3) is 0.312. The lowest BCUT2D eigenvalue weighted by Crippen LogP contribution is -2.07. The van der Waals surface area contributed by atoms with E-state index in [2.05, 4.69) is 28.3 Å². The molecule has 0 amide bonds. The summed E-state index contributed by atoms with van der Waals surface area (Å²) in [5.74, 6) is 2.64. The number of hydrogen-bond acceptors (Lipinski definition) is 5. The van der Waals surface area contributed by atoms with Crippen LogP contribution in [0.25, 0.3) is 0 Å². The van der Waals surface area contributed by atoms with E-state index >= 15 is 0 Å². The van der Waals surface area contributed by atoms with Crippen molar-refractivity contribution in [1.82, 2.24) is 9.97 Å². The van der Waals surface area contributed by atoms with Gasteiger partial charge in [0.05, 0.1) is 17.2 Å². The molecule has 2 rings (SSSR count). The zero-order valence-corrected chi connectivity index (χ0v) is 12.5. The Morgan fingerprint density at radius 2 is 1.90 bits per heavy atom. The highest BCUT2D eigenvalue weighted by molar-refractivity contribution is 5.49. The van der Waals surface area contributed by atoms with Crippen molar-refractivity contribution in [3.8, 4) is 17.7 Å². The van der Waals surface area contributed by atoms with Gasteiger partial charge in [0.15, 0.2) is 0 Å². The van der Waals surface area contributed by atoms with Crippen LogP contribution in [0.2, 0.25) is 0 Å². The van der Waals surface area contributed by atoms with Gasteiger partial charge in [0, 0.05) is 6.54 Å². The molecule has 21 heavy (non-hydrogen) atoms. The molecule has 0 atom stereocenters. The van der Waals surface area contributed by atoms with Gasteiger partial charge in [0.2, 0.25) is 5.88 Å². The van der Waals surface area contributed by atoms with E-state index in [0.717, 1.165) is 24.3 Å². The second kappa shape index (κ2) is 6.71. The summed E-state index contributed by atoms with van der Waals surface area (Å²) in [7, 11) is 0. The van der Waals surface area contributed by atoms with Crippen LogP contribution in [0.3, 0.4) is 0 Å². The van der Waals surface area contributed by atoms with E-state index in [-0.39, 0.29) is 0 Å². The molecule has 108 valence electrons. The number of hydrogen-bond donors (Lipinski definition) is 1. The summed E-state index contributed by atoms with van der Waals surface area (Å²) in [6.45, 7) is 6.72. The van der Waals surface area contributed by atoms with Crippen LogP contribution in [0.4, 0.5) is 5.82 Å². The predicted octanol–water partition coefficient (Wildman–Crippen LogP) is 3.58. The minimum atomic E-state index is 0.533. The number of aryl methyl sites for hydroxylation is 1. The summed E-state index contributed by atoms with van der Waals surface area (Å²) in [5, 5.41) is 12.1. The summed E-state index contributed by atoms with van der Waals surface area (Å²) in [5.41, 5.74) is 1.47. The molecule has 0 aliphatic carbocycles. The lowest BCUT2D eigenvalue weighted by Gasteiger charge is -2.13. The number of ether oxygens (including phenoxy) is 1. The second-order valence-corrected chi connectivity index (χ2v) is 4.71. The topological polar surface area (TPSA) is 70.8 Å². The highest BCUT2D eigenvalue weighted by Gasteiger charge is 2.11. The number of anilines is 1. The smallest absolute Gasteiger partial charge is 0.227 e. The highest BCUT2D eigenvalue weighted by atomic mass is 16.5. The van der Waals surface area contributed by atoms with E-state index in [0.29, 0.717) is 23.0 Å². The van der Waals surface area contributed by atoms with E-state index in [9.17, 15) is 0 Å². The summed E-state index contributed by atoms with van der Waals surface area (Å²) < 4.78 is 5.81. The predicted molar refractivity (Wildman–Crippen MR) is 81.5 cm³/mol. The first-order valence-electron chi connectivity index (χ1n) is 6.91. The Hall–Kier alpha value is -2.61. The minimum Gasteiger partial charge on any atom is -0.439 e. The molecule has 0 radical (unpaired) electrons. The molecule has 1 aromatic heterocycles. The van der Waals surface area contributed by atoms with Crippen LogP contribution >= 0.6 is 0 Å². The first kappa shape index (κ1) is 14.8. The molecule has 0 aliphatic rings. The Labute approximate surface area is 124 Å². The van der Waals surface area contributed by atoms with Crippen LogP contribution in [0.1, 0.15) is 30.3 Å². The monoisotopic (exact) mass is 282 g/mol. The second-order valence-electron chi connectivity index (χ2n) is 4.71. The number of nitrogens with one attached hydrogen (secondary N) is 1. The number of nitrogens with zero attached hydrogens (tertiary/aromatic N) is 3. The van der Waals surface area contributed by atoms with Gasteiger partial charge in [-0.25, -0.2) is 4.98 Å². The molecular weight excluding hydrogens is 264 g/mol. The summed E-state index contributed by atoms with van der Waals surface area (Å²) in [6, 6.07) is 9.03. The van der Waals surface area contributed by atoms with Crippen molar-refractivity contribution in [2.24, 2.45) is 0 Å². The minimum absolute atomic E-state index is 0.533. The number of aromatic nitrogens is 2. The van der Waals surface area contributed by atoms with Crippen molar-refractivity contribution in [3.63, 3.8) is 0 Å². The van der Waals surface area contributed by atoms with Gasteiger partial charge >= 0.3 is 0 Å². The normalized spacial score (nSPS) is 10.0. The molecule has 0 unspecified atom stereocenters. The van der Waals surface area contributed by atoms with Gasteiger partial charge in [-0.3, -0.25) is 0 Å². The molecule has 5 heteroatoms.